The third-order valence-electron chi connectivity index (χ3n) is 4.25. The number of aryl methyl sites for hydroxylation is 1. The van der Waals surface area contributed by atoms with Gasteiger partial charge in [-0.1, -0.05) is 72.8 Å². The van der Waals surface area contributed by atoms with E-state index in [2.05, 4.69) is 18.2 Å². The number of benzene rings is 3. The summed E-state index contributed by atoms with van der Waals surface area (Å²) >= 11 is 1.68. The molecule has 0 N–H and O–H groups in total. The molecule has 3 aromatic carbocycles. The van der Waals surface area contributed by atoms with Gasteiger partial charge >= 0.3 is 0 Å². The van der Waals surface area contributed by atoms with Gasteiger partial charge < -0.3 is 0 Å². The monoisotopic (exact) mass is 328 g/mol. The molecule has 0 bridgehead atoms. The van der Waals surface area contributed by atoms with E-state index in [1.807, 2.05) is 67.6 Å². The van der Waals surface area contributed by atoms with Crippen LogP contribution in [0.2, 0.25) is 0 Å². The Labute approximate surface area is 145 Å². The van der Waals surface area contributed by atoms with Gasteiger partial charge in [0.05, 0.1) is 0 Å². The van der Waals surface area contributed by atoms with E-state index in [-0.39, 0.29) is 5.78 Å². The molecular formula is C22H16OS. The summed E-state index contributed by atoms with van der Waals surface area (Å²) in [5.74, 6) is 0.101. The molecule has 0 aliphatic rings. The Morgan fingerprint density at radius 1 is 0.750 bits per heavy atom. The highest BCUT2D eigenvalue weighted by Gasteiger charge is 2.17. The number of carbonyl (C=O) groups excluding carboxylic acids is 1. The van der Waals surface area contributed by atoms with Crippen LogP contribution in [0.25, 0.3) is 21.2 Å². The maximum absolute atomic E-state index is 13.0. The Balaban J connectivity index is 1.73. The minimum atomic E-state index is 0.101. The third kappa shape index (κ3) is 2.55. The summed E-state index contributed by atoms with van der Waals surface area (Å²) in [6.45, 7) is 2.02. The maximum Gasteiger partial charge on any atom is 0.194 e. The van der Waals surface area contributed by atoms with Crippen LogP contribution in [0.3, 0.4) is 0 Å². The summed E-state index contributed by atoms with van der Waals surface area (Å²) in [6, 6.07) is 26.2. The summed E-state index contributed by atoms with van der Waals surface area (Å²) in [5.41, 5.74) is 3.86. The molecular weight excluding hydrogens is 312 g/mol. The van der Waals surface area contributed by atoms with Crippen molar-refractivity contribution in [3.8, 4) is 11.1 Å². The minimum Gasteiger partial charge on any atom is -0.289 e. The van der Waals surface area contributed by atoms with Gasteiger partial charge in [0.1, 0.15) is 0 Å². The fourth-order valence-corrected chi connectivity index (χ4v) is 4.10. The highest BCUT2D eigenvalue weighted by molar-refractivity contribution is 7.19. The summed E-state index contributed by atoms with van der Waals surface area (Å²) in [4.78, 5) is 14.1. The van der Waals surface area contributed by atoms with E-state index in [1.54, 1.807) is 11.3 Å². The van der Waals surface area contributed by atoms with Gasteiger partial charge in [-0.05, 0) is 24.1 Å². The van der Waals surface area contributed by atoms with Crippen LogP contribution in [-0.2, 0) is 0 Å². The topological polar surface area (TPSA) is 17.1 Å². The zero-order valence-corrected chi connectivity index (χ0v) is 14.1. The van der Waals surface area contributed by atoms with Crippen molar-refractivity contribution >= 4 is 27.2 Å². The number of carbonyl (C=O) groups is 1. The molecule has 4 aromatic rings. The second kappa shape index (κ2) is 6.06. The van der Waals surface area contributed by atoms with Crippen molar-refractivity contribution in [3.05, 3.63) is 94.9 Å². The van der Waals surface area contributed by atoms with Crippen molar-refractivity contribution in [2.24, 2.45) is 0 Å². The average Bonchev–Trinajstić information content (AvgIpc) is 2.98. The van der Waals surface area contributed by atoms with Crippen molar-refractivity contribution in [3.63, 3.8) is 0 Å². The van der Waals surface area contributed by atoms with Gasteiger partial charge in [0.2, 0.25) is 0 Å². The molecule has 0 unspecified atom stereocenters. The third-order valence-corrected chi connectivity index (χ3v) is 5.34. The molecule has 4 rings (SSSR count). The largest absolute Gasteiger partial charge is 0.289 e. The first-order valence-electron chi connectivity index (χ1n) is 7.92. The first kappa shape index (κ1) is 14.9. The fraction of sp³-hybridized carbons (Fsp3) is 0.0455. The number of ketones is 1. The highest BCUT2D eigenvalue weighted by Crippen LogP contribution is 2.32. The highest BCUT2D eigenvalue weighted by atomic mass is 32.1. The lowest BCUT2D eigenvalue weighted by Gasteiger charge is -2.05. The van der Waals surface area contributed by atoms with Crippen LogP contribution in [0.1, 0.15) is 20.8 Å². The van der Waals surface area contributed by atoms with E-state index in [1.165, 1.54) is 4.70 Å². The molecule has 2 heteroatoms. The van der Waals surface area contributed by atoms with Gasteiger partial charge in [0.25, 0.3) is 0 Å². The number of hydrogen-bond donors (Lipinski definition) is 0. The van der Waals surface area contributed by atoms with Gasteiger partial charge in [-0.2, -0.15) is 0 Å². The van der Waals surface area contributed by atoms with Gasteiger partial charge in [0, 0.05) is 26.1 Å². The number of hydrogen-bond acceptors (Lipinski definition) is 2. The number of rotatable bonds is 3. The van der Waals surface area contributed by atoms with Crippen LogP contribution in [0.4, 0.5) is 0 Å². The smallest absolute Gasteiger partial charge is 0.194 e. The molecule has 116 valence electrons. The van der Waals surface area contributed by atoms with E-state index in [4.69, 9.17) is 0 Å². The normalized spacial score (nSPS) is 10.9. The van der Waals surface area contributed by atoms with Crippen LogP contribution >= 0.6 is 11.3 Å². The lowest BCUT2D eigenvalue weighted by Crippen LogP contribution is -2.01. The van der Waals surface area contributed by atoms with Crippen LogP contribution in [-0.4, -0.2) is 5.78 Å². The van der Waals surface area contributed by atoms with E-state index >= 15 is 0 Å². The molecule has 0 atom stereocenters. The zero-order chi connectivity index (χ0) is 16.5. The number of fused-ring (bicyclic) bond motifs is 1. The van der Waals surface area contributed by atoms with Crippen LogP contribution in [0.15, 0.2) is 78.9 Å². The molecule has 0 saturated heterocycles. The SMILES string of the molecule is Cc1sc2ccccc2c1C(=O)c1ccc(-c2ccccc2)cc1. The van der Waals surface area contributed by atoms with Gasteiger partial charge in [0.15, 0.2) is 5.78 Å². The van der Waals surface area contributed by atoms with E-state index in [9.17, 15) is 4.79 Å². The molecule has 24 heavy (non-hydrogen) atoms. The first-order valence-corrected chi connectivity index (χ1v) is 8.74. The van der Waals surface area contributed by atoms with Crippen molar-refractivity contribution in [2.75, 3.05) is 0 Å². The predicted octanol–water partition coefficient (Wildman–Crippen LogP) is 6.11. The standard InChI is InChI=1S/C22H16OS/c1-15-21(19-9-5-6-10-20(19)24-15)22(23)18-13-11-17(12-14-18)16-7-3-2-4-8-16/h2-14H,1H3. The van der Waals surface area contributed by atoms with Crippen molar-refractivity contribution in [2.45, 2.75) is 6.92 Å². The van der Waals surface area contributed by atoms with Crippen molar-refractivity contribution in [1.82, 2.24) is 0 Å². The molecule has 1 aromatic heterocycles. The average molecular weight is 328 g/mol. The Bertz CT molecular complexity index is 1010. The predicted molar refractivity (Wildman–Crippen MR) is 102 cm³/mol. The summed E-state index contributed by atoms with van der Waals surface area (Å²) in [6.07, 6.45) is 0. The van der Waals surface area contributed by atoms with Gasteiger partial charge in [-0.15, -0.1) is 11.3 Å². The van der Waals surface area contributed by atoms with Crippen molar-refractivity contribution < 1.29 is 4.79 Å². The Kier molecular flexibility index (Phi) is 3.75. The van der Waals surface area contributed by atoms with Crippen LogP contribution in [0.5, 0.6) is 0 Å². The fourth-order valence-electron chi connectivity index (χ4n) is 3.04. The molecule has 1 nitrogen and oxygen atoms in total. The maximum atomic E-state index is 13.0. The minimum absolute atomic E-state index is 0.101. The quantitative estimate of drug-likeness (QED) is 0.415. The Morgan fingerprint density at radius 2 is 1.38 bits per heavy atom. The zero-order valence-electron chi connectivity index (χ0n) is 13.3. The van der Waals surface area contributed by atoms with Gasteiger partial charge in [-0.3, -0.25) is 4.79 Å². The molecule has 0 aliphatic heterocycles. The molecule has 0 amide bonds. The molecule has 0 saturated carbocycles. The molecule has 0 fully saturated rings. The van der Waals surface area contributed by atoms with Crippen LogP contribution < -0.4 is 0 Å². The van der Waals surface area contributed by atoms with E-state index in [0.717, 1.165) is 32.5 Å². The second-order valence-corrected chi connectivity index (χ2v) is 7.06. The number of thiophene rings is 1. The Hall–Kier alpha value is -2.71. The van der Waals surface area contributed by atoms with E-state index < -0.39 is 0 Å². The van der Waals surface area contributed by atoms with E-state index in [0.29, 0.717) is 0 Å². The van der Waals surface area contributed by atoms with Crippen LogP contribution in [0, 0.1) is 6.92 Å². The molecule has 1 heterocycles. The summed E-state index contributed by atoms with van der Waals surface area (Å²) in [5, 5.41) is 1.05. The summed E-state index contributed by atoms with van der Waals surface area (Å²) < 4.78 is 1.17. The first-order chi connectivity index (χ1) is 11.7. The second-order valence-electron chi connectivity index (χ2n) is 5.80. The Morgan fingerprint density at radius 3 is 2.12 bits per heavy atom. The lowest BCUT2D eigenvalue weighted by molar-refractivity contribution is 0.104. The molecule has 0 aliphatic carbocycles. The van der Waals surface area contributed by atoms with Gasteiger partial charge in [-0.25, -0.2) is 0 Å². The molecule has 0 radical (unpaired) electrons. The van der Waals surface area contributed by atoms with Crippen molar-refractivity contribution in [1.29, 1.82) is 0 Å². The molecule has 0 spiro atoms. The summed E-state index contributed by atoms with van der Waals surface area (Å²) in [7, 11) is 0. The lowest BCUT2D eigenvalue weighted by atomic mass is 9.98.